The molecule has 0 saturated heterocycles. The molecule has 8 heteroatoms. The Morgan fingerprint density at radius 1 is 0.933 bits per heavy atom. The van der Waals surface area contributed by atoms with Crippen molar-refractivity contribution in [1.82, 2.24) is 14.9 Å². The number of ether oxygens (including phenoxy) is 2. The van der Waals surface area contributed by atoms with E-state index in [-0.39, 0.29) is 5.95 Å². The molecule has 8 nitrogen and oxygen atoms in total. The minimum absolute atomic E-state index is 0.264. The Labute approximate surface area is 174 Å². The topological polar surface area (TPSA) is 86.2 Å². The van der Waals surface area contributed by atoms with Crippen LogP contribution in [0, 0.1) is 0 Å². The second kappa shape index (κ2) is 11.1. The van der Waals surface area contributed by atoms with Crippen LogP contribution in [0.3, 0.4) is 0 Å². The Balaban J connectivity index is 1.70. The van der Waals surface area contributed by atoms with Gasteiger partial charge in [-0.2, -0.15) is 14.9 Å². The highest BCUT2D eigenvalue weighted by molar-refractivity contribution is 5.83. The van der Waals surface area contributed by atoms with Crippen molar-refractivity contribution in [2.45, 2.75) is 6.54 Å². The molecule has 1 aromatic heterocycles. The summed E-state index contributed by atoms with van der Waals surface area (Å²) in [5.74, 6) is 1.71. The lowest BCUT2D eigenvalue weighted by Gasteiger charge is -2.07. The first kappa shape index (κ1) is 20.7. The predicted molar refractivity (Wildman–Crippen MR) is 116 cm³/mol. The summed E-state index contributed by atoms with van der Waals surface area (Å²) >= 11 is 0. The Bertz CT molecular complexity index is 1040. The molecule has 0 amide bonds. The monoisotopic (exact) mass is 402 g/mol. The Hall–Kier alpha value is -4.07. The van der Waals surface area contributed by atoms with Gasteiger partial charge in [-0.1, -0.05) is 55.6 Å². The molecule has 0 unspecified atom stereocenters. The zero-order chi connectivity index (χ0) is 21.0. The molecule has 0 saturated carbocycles. The molecular weight excluding hydrogens is 380 g/mol. The van der Waals surface area contributed by atoms with E-state index >= 15 is 0 Å². The van der Waals surface area contributed by atoms with Gasteiger partial charge in [0.25, 0.3) is 5.95 Å². The molecule has 0 spiro atoms. The van der Waals surface area contributed by atoms with Crippen LogP contribution in [0.1, 0.15) is 11.1 Å². The molecule has 0 N–H and O–H groups in total. The quantitative estimate of drug-likeness (QED) is 0.267. The smallest absolute Gasteiger partial charge is 0.290 e. The summed E-state index contributed by atoms with van der Waals surface area (Å²) in [6.07, 6.45) is 6.49. The van der Waals surface area contributed by atoms with E-state index in [1.54, 1.807) is 18.4 Å². The van der Waals surface area contributed by atoms with Crippen molar-refractivity contribution in [3.05, 3.63) is 91.3 Å². The van der Waals surface area contributed by atoms with Gasteiger partial charge in [0, 0.05) is 11.1 Å². The average Bonchev–Trinajstić information content (AvgIpc) is 3.23. The Kier molecular flexibility index (Phi) is 7.62. The van der Waals surface area contributed by atoms with E-state index in [4.69, 9.17) is 9.47 Å². The van der Waals surface area contributed by atoms with Crippen LogP contribution in [0.2, 0.25) is 0 Å². The van der Waals surface area contributed by atoms with Gasteiger partial charge >= 0.3 is 0 Å². The minimum Gasteiger partial charge on any atom is -0.489 e. The summed E-state index contributed by atoms with van der Waals surface area (Å²) in [5.41, 5.74) is 1.72. The van der Waals surface area contributed by atoms with E-state index in [1.807, 2.05) is 48.5 Å². The summed E-state index contributed by atoms with van der Waals surface area (Å²) in [5, 5.41) is 20.5. The molecule has 3 rings (SSSR count). The van der Waals surface area contributed by atoms with Crippen molar-refractivity contribution in [3.8, 4) is 11.5 Å². The maximum Gasteiger partial charge on any atom is 0.290 e. The first-order valence-corrected chi connectivity index (χ1v) is 9.28. The molecule has 0 aliphatic carbocycles. The first-order chi connectivity index (χ1) is 14.8. The number of para-hydroxylation sites is 2. The van der Waals surface area contributed by atoms with E-state index in [2.05, 4.69) is 38.7 Å². The van der Waals surface area contributed by atoms with Crippen LogP contribution in [0.5, 0.6) is 11.5 Å². The van der Waals surface area contributed by atoms with Crippen molar-refractivity contribution in [2.75, 3.05) is 13.2 Å². The fourth-order valence-electron chi connectivity index (χ4n) is 2.46. The van der Waals surface area contributed by atoms with E-state index in [0.29, 0.717) is 25.5 Å². The zero-order valence-electron chi connectivity index (χ0n) is 16.5. The summed E-state index contributed by atoms with van der Waals surface area (Å²) < 4.78 is 12.7. The Morgan fingerprint density at radius 3 is 2.43 bits per heavy atom. The maximum atomic E-state index is 5.63. The molecule has 0 radical (unpaired) electrons. The SMILES string of the molecule is C=CCOc1ccccc1/C=N/n1cnnc1N=NCc1ccccc1OCC=C. The van der Waals surface area contributed by atoms with Crippen molar-refractivity contribution in [1.29, 1.82) is 0 Å². The molecule has 3 aromatic rings. The number of azo groups is 1. The lowest BCUT2D eigenvalue weighted by Crippen LogP contribution is -1.97. The standard InChI is InChI=1S/C22H22N6O2/c1-3-13-29-20-11-7-5-9-18(20)15-23-26-22-27-24-17-28(22)25-16-19-10-6-8-12-21(19)30-14-4-2/h3-12,16-17H,1-2,13-15H2/b25-16+,26-23?. The van der Waals surface area contributed by atoms with Gasteiger partial charge in [-0.25, -0.2) is 0 Å². The number of aromatic nitrogens is 3. The lowest BCUT2D eigenvalue weighted by atomic mass is 10.2. The van der Waals surface area contributed by atoms with Gasteiger partial charge in [0.15, 0.2) is 0 Å². The van der Waals surface area contributed by atoms with E-state index < -0.39 is 0 Å². The number of hydrogen-bond acceptors (Lipinski definition) is 7. The molecule has 0 aliphatic rings. The Morgan fingerprint density at radius 2 is 1.63 bits per heavy atom. The highest BCUT2D eigenvalue weighted by Crippen LogP contribution is 2.20. The third-order valence-electron chi connectivity index (χ3n) is 3.84. The zero-order valence-corrected chi connectivity index (χ0v) is 16.5. The molecule has 0 fully saturated rings. The average molecular weight is 402 g/mol. The third kappa shape index (κ3) is 5.71. The molecule has 152 valence electrons. The van der Waals surface area contributed by atoms with Crippen molar-refractivity contribution < 1.29 is 9.47 Å². The number of rotatable bonds is 11. The molecule has 0 atom stereocenters. The van der Waals surface area contributed by atoms with Gasteiger partial charge in [-0.3, -0.25) is 0 Å². The summed E-state index contributed by atoms with van der Waals surface area (Å²) in [6, 6.07) is 15.2. The number of benzene rings is 2. The van der Waals surface area contributed by atoms with Crippen LogP contribution < -0.4 is 9.47 Å². The fraction of sp³-hybridized carbons (Fsp3) is 0.136. The van der Waals surface area contributed by atoms with Crippen molar-refractivity contribution in [3.63, 3.8) is 0 Å². The molecule has 30 heavy (non-hydrogen) atoms. The van der Waals surface area contributed by atoms with Crippen LogP contribution in [0.25, 0.3) is 0 Å². The van der Waals surface area contributed by atoms with Crippen LogP contribution in [0.15, 0.2) is 95.5 Å². The lowest BCUT2D eigenvalue weighted by molar-refractivity contribution is 0.359. The molecule has 0 aliphatic heterocycles. The van der Waals surface area contributed by atoms with Gasteiger partial charge in [-0.05, 0) is 18.2 Å². The number of nitrogens with zero attached hydrogens (tertiary/aromatic N) is 6. The second-order valence-corrected chi connectivity index (χ2v) is 5.96. The fourth-order valence-corrected chi connectivity index (χ4v) is 2.46. The van der Waals surface area contributed by atoms with Crippen LogP contribution in [-0.2, 0) is 6.54 Å². The van der Waals surface area contributed by atoms with Crippen LogP contribution >= 0.6 is 0 Å². The normalized spacial score (nSPS) is 11.1. The largest absolute Gasteiger partial charge is 0.489 e. The van der Waals surface area contributed by atoms with E-state index in [9.17, 15) is 0 Å². The van der Waals surface area contributed by atoms with Gasteiger partial charge in [0.2, 0.25) is 0 Å². The number of hydrogen-bond donors (Lipinski definition) is 0. The van der Waals surface area contributed by atoms with Crippen molar-refractivity contribution in [2.24, 2.45) is 15.3 Å². The highest BCUT2D eigenvalue weighted by Gasteiger charge is 2.05. The van der Waals surface area contributed by atoms with Gasteiger partial charge in [0.05, 0.1) is 12.8 Å². The van der Waals surface area contributed by atoms with E-state index in [0.717, 1.165) is 16.9 Å². The predicted octanol–water partition coefficient (Wildman–Crippen LogP) is 4.57. The highest BCUT2D eigenvalue weighted by atomic mass is 16.5. The summed E-state index contributed by atoms with van der Waals surface area (Å²) in [4.78, 5) is 0. The van der Waals surface area contributed by atoms with Gasteiger partial charge in [-0.15, -0.1) is 15.3 Å². The molecule has 1 heterocycles. The van der Waals surface area contributed by atoms with Crippen molar-refractivity contribution >= 4 is 12.2 Å². The van der Waals surface area contributed by atoms with Crippen LogP contribution in [0.4, 0.5) is 5.95 Å². The first-order valence-electron chi connectivity index (χ1n) is 9.28. The summed E-state index contributed by atoms with van der Waals surface area (Å²) in [6.45, 7) is 8.49. The molecule has 2 aromatic carbocycles. The molecule has 0 bridgehead atoms. The van der Waals surface area contributed by atoms with Crippen LogP contribution in [-0.4, -0.2) is 34.3 Å². The third-order valence-corrected chi connectivity index (χ3v) is 3.84. The van der Waals surface area contributed by atoms with Gasteiger partial charge in [0.1, 0.15) is 31.0 Å². The molecular formula is C22H22N6O2. The second-order valence-electron chi connectivity index (χ2n) is 5.96. The van der Waals surface area contributed by atoms with Gasteiger partial charge < -0.3 is 9.47 Å². The summed E-state index contributed by atoms with van der Waals surface area (Å²) in [7, 11) is 0. The minimum atomic E-state index is 0.264. The van der Waals surface area contributed by atoms with E-state index in [1.165, 1.54) is 11.0 Å². The maximum absolute atomic E-state index is 5.63.